The molecular weight excluding hydrogens is 82.1 g/mol. The second-order valence-corrected chi connectivity index (χ2v) is 1.78. The Bertz CT molecular complexity index is 18.5. The molecule has 0 unspecified atom stereocenters. The molecule has 1 fully saturated rings. The first-order valence-electron chi connectivity index (χ1n) is 1.60. The van der Waals surface area contributed by atoms with Crippen molar-refractivity contribution in [1.82, 2.24) is 5.32 Å². The highest BCUT2D eigenvalue weighted by atomic mass is 32.2. The van der Waals surface area contributed by atoms with Crippen LogP contribution in [0.3, 0.4) is 0 Å². The maximum Gasteiger partial charge on any atom is 0.126 e. The van der Waals surface area contributed by atoms with Crippen LogP contribution < -0.4 is 5.32 Å². The fraction of sp³-hybridized carbons (Fsp3) is 0.667. The minimum absolute atomic E-state index is 1.10. The molecule has 0 atom stereocenters. The van der Waals surface area contributed by atoms with E-state index < -0.39 is 0 Å². The van der Waals surface area contributed by atoms with Crippen LogP contribution in [-0.2, 0) is 0 Å². The van der Waals surface area contributed by atoms with Gasteiger partial charge in [0, 0.05) is 12.3 Å². The van der Waals surface area contributed by atoms with E-state index in [0.29, 0.717) is 0 Å². The monoisotopic (exact) mass is 87.0 g/mol. The van der Waals surface area contributed by atoms with Crippen molar-refractivity contribution in [3.8, 4) is 0 Å². The molecule has 1 aliphatic rings. The molecule has 2 heteroatoms. The molecule has 1 N–H and O–H groups in total. The van der Waals surface area contributed by atoms with Crippen molar-refractivity contribution in [3.63, 3.8) is 0 Å². The Hall–Kier alpha value is 0.310. The first-order chi connectivity index (χ1) is 2.50. The fourth-order valence-electron chi connectivity index (χ4n) is 0.255. The lowest BCUT2D eigenvalue weighted by Gasteiger charge is -1.72. The van der Waals surface area contributed by atoms with Crippen molar-refractivity contribution in [1.29, 1.82) is 0 Å². The lowest BCUT2D eigenvalue weighted by atomic mass is 10.8. The topological polar surface area (TPSA) is 12.0 Å². The molecule has 0 bridgehead atoms. The van der Waals surface area contributed by atoms with Crippen molar-refractivity contribution in [2.75, 3.05) is 12.3 Å². The molecule has 1 saturated heterocycles. The molecule has 1 aliphatic heterocycles. The SMILES string of the molecule is [C]1NCCS1. The van der Waals surface area contributed by atoms with Crippen LogP contribution in [0.4, 0.5) is 0 Å². The van der Waals surface area contributed by atoms with E-state index in [1.807, 2.05) is 0 Å². The van der Waals surface area contributed by atoms with E-state index in [2.05, 4.69) is 11.2 Å². The molecule has 5 heavy (non-hydrogen) atoms. The van der Waals surface area contributed by atoms with Gasteiger partial charge in [0.05, 0.1) is 0 Å². The normalized spacial score (nSPS) is 24.0. The van der Waals surface area contributed by atoms with Crippen molar-refractivity contribution < 1.29 is 0 Å². The summed E-state index contributed by atoms with van der Waals surface area (Å²) in [7, 11) is 0. The molecule has 0 spiro atoms. The molecule has 1 rings (SSSR count). The zero-order valence-electron chi connectivity index (χ0n) is 2.82. The van der Waals surface area contributed by atoms with Gasteiger partial charge in [-0.15, -0.1) is 11.8 Å². The summed E-state index contributed by atoms with van der Waals surface area (Å²) in [6, 6.07) is 0. The van der Waals surface area contributed by atoms with E-state index >= 15 is 0 Å². The Balaban J connectivity index is 2.08. The molecule has 0 aromatic rings. The molecular formula is C3H5NS. The maximum absolute atomic E-state index is 2.94. The van der Waals surface area contributed by atoms with Gasteiger partial charge in [0.15, 0.2) is 0 Å². The zero-order chi connectivity index (χ0) is 3.54. The lowest BCUT2D eigenvalue weighted by molar-refractivity contribution is 0.944. The summed E-state index contributed by atoms with van der Waals surface area (Å²) < 4.78 is 0. The lowest BCUT2D eigenvalue weighted by Crippen LogP contribution is -2.00. The number of hydrogen-bond donors (Lipinski definition) is 1. The van der Waals surface area contributed by atoms with Crippen molar-refractivity contribution in [2.45, 2.75) is 0 Å². The number of thioether (sulfide) groups is 1. The minimum atomic E-state index is 1.10. The Morgan fingerprint density at radius 2 is 2.80 bits per heavy atom. The van der Waals surface area contributed by atoms with Gasteiger partial charge in [-0.05, 0) is 0 Å². The van der Waals surface area contributed by atoms with E-state index in [1.54, 1.807) is 11.8 Å². The van der Waals surface area contributed by atoms with Gasteiger partial charge in [-0.2, -0.15) is 0 Å². The van der Waals surface area contributed by atoms with Gasteiger partial charge in [0.1, 0.15) is 5.88 Å². The molecule has 0 amide bonds. The molecule has 0 aromatic heterocycles. The Kier molecular flexibility index (Phi) is 1.17. The second kappa shape index (κ2) is 1.67. The van der Waals surface area contributed by atoms with Gasteiger partial charge in [0.25, 0.3) is 0 Å². The summed E-state index contributed by atoms with van der Waals surface area (Å²) in [5, 5.41) is 2.94. The summed E-state index contributed by atoms with van der Waals surface area (Å²) in [5.74, 6) is 4.08. The summed E-state index contributed by atoms with van der Waals surface area (Å²) in [6.45, 7) is 1.10. The van der Waals surface area contributed by atoms with E-state index in [-0.39, 0.29) is 0 Å². The maximum atomic E-state index is 2.94. The van der Waals surface area contributed by atoms with Gasteiger partial charge in [0.2, 0.25) is 0 Å². The third-order valence-electron chi connectivity index (χ3n) is 0.473. The summed E-state index contributed by atoms with van der Waals surface area (Å²) in [6.07, 6.45) is 0. The number of hydrogen-bond acceptors (Lipinski definition) is 2. The molecule has 2 radical (unpaired) electrons. The van der Waals surface area contributed by atoms with Gasteiger partial charge in [-0.3, -0.25) is 5.32 Å². The van der Waals surface area contributed by atoms with E-state index in [0.717, 1.165) is 6.54 Å². The third-order valence-corrected chi connectivity index (χ3v) is 1.17. The van der Waals surface area contributed by atoms with Crippen molar-refractivity contribution in [3.05, 3.63) is 5.88 Å². The highest BCUT2D eigenvalue weighted by molar-refractivity contribution is 8.01. The zero-order valence-corrected chi connectivity index (χ0v) is 3.64. The van der Waals surface area contributed by atoms with Crippen LogP contribution in [0.15, 0.2) is 0 Å². The highest BCUT2D eigenvalue weighted by Gasteiger charge is 1.95. The predicted molar refractivity (Wildman–Crippen MR) is 23.7 cm³/mol. The molecule has 1 heterocycles. The van der Waals surface area contributed by atoms with Gasteiger partial charge >= 0.3 is 0 Å². The van der Waals surface area contributed by atoms with Gasteiger partial charge in [-0.1, -0.05) is 0 Å². The van der Waals surface area contributed by atoms with Crippen molar-refractivity contribution in [2.24, 2.45) is 0 Å². The average molecular weight is 87.1 g/mol. The van der Waals surface area contributed by atoms with Crippen LogP contribution in [0.2, 0.25) is 0 Å². The quantitative estimate of drug-likeness (QED) is 0.456. The Morgan fingerprint density at radius 3 is 3.00 bits per heavy atom. The smallest absolute Gasteiger partial charge is 0.126 e. The van der Waals surface area contributed by atoms with E-state index in [4.69, 9.17) is 0 Å². The van der Waals surface area contributed by atoms with Gasteiger partial charge in [-0.25, -0.2) is 0 Å². The average Bonchev–Trinajstić information content (AvgIpc) is 1.76. The Labute approximate surface area is 36.1 Å². The predicted octanol–water partition coefficient (Wildman–Crippen LogP) is 0.319. The Morgan fingerprint density at radius 1 is 1.80 bits per heavy atom. The number of nitrogens with one attached hydrogen (secondary N) is 1. The van der Waals surface area contributed by atoms with Crippen LogP contribution in [-0.4, -0.2) is 12.3 Å². The standard InChI is InChI=1S/C3H5NS/c1-2-5-3-4-1/h4H,1-2H2. The minimum Gasteiger partial charge on any atom is -0.297 e. The van der Waals surface area contributed by atoms with Crippen LogP contribution in [0.5, 0.6) is 0 Å². The fourth-order valence-corrected chi connectivity index (χ4v) is 0.765. The van der Waals surface area contributed by atoms with Crippen LogP contribution >= 0.6 is 11.8 Å². The first kappa shape index (κ1) is 3.50. The van der Waals surface area contributed by atoms with Crippen LogP contribution in [0.25, 0.3) is 0 Å². The highest BCUT2D eigenvalue weighted by Crippen LogP contribution is 2.05. The van der Waals surface area contributed by atoms with Crippen LogP contribution in [0, 0.1) is 5.88 Å². The van der Waals surface area contributed by atoms with Gasteiger partial charge < -0.3 is 0 Å². The van der Waals surface area contributed by atoms with Crippen LogP contribution in [0.1, 0.15) is 0 Å². The molecule has 1 nitrogen and oxygen atoms in total. The van der Waals surface area contributed by atoms with E-state index in [1.165, 1.54) is 5.75 Å². The molecule has 0 aliphatic carbocycles. The largest absolute Gasteiger partial charge is 0.297 e. The summed E-state index contributed by atoms with van der Waals surface area (Å²) >= 11 is 1.71. The summed E-state index contributed by atoms with van der Waals surface area (Å²) in [5.41, 5.74) is 0. The second-order valence-electron chi connectivity index (χ2n) is 0.877. The molecule has 28 valence electrons. The summed E-state index contributed by atoms with van der Waals surface area (Å²) in [4.78, 5) is 0. The van der Waals surface area contributed by atoms with E-state index in [9.17, 15) is 0 Å². The third kappa shape index (κ3) is 0.816. The first-order valence-corrected chi connectivity index (χ1v) is 2.58. The molecule has 0 saturated carbocycles. The number of rotatable bonds is 0. The molecule has 0 aromatic carbocycles. The van der Waals surface area contributed by atoms with Crippen molar-refractivity contribution >= 4 is 11.8 Å².